The molecule has 2 rings (SSSR count). The quantitative estimate of drug-likeness (QED) is 0.657. The van der Waals surface area contributed by atoms with Crippen molar-refractivity contribution in [1.82, 2.24) is 0 Å². The molecule has 98 valence electrons. The fourth-order valence-electron chi connectivity index (χ4n) is 2.56. The van der Waals surface area contributed by atoms with Crippen LogP contribution in [0.5, 0.6) is 0 Å². The summed E-state index contributed by atoms with van der Waals surface area (Å²) >= 11 is 0. The van der Waals surface area contributed by atoms with Crippen LogP contribution in [-0.4, -0.2) is 24.6 Å². The van der Waals surface area contributed by atoms with E-state index in [9.17, 15) is 10.1 Å². The van der Waals surface area contributed by atoms with Gasteiger partial charge in [-0.2, -0.15) is 0 Å². The summed E-state index contributed by atoms with van der Waals surface area (Å²) in [7, 11) is 0. The molecule has 0 amide bonds. The second-order valence-electron chi connectivity index (χ2n) is 4.95. The number of para-hydroxylation sites is 2. The van der Waals surface area contributed by atoms with E-state index in [1.807, 2.05) is 12.1 Å². The zero-order valence-electron chi connectivity index (χ0n) is 10.6. The van der Waals surface area contributed by atoms with Crippen molar-refractivity contribution in [3.05, 3.63) is 34.4 Å². The summed E-state index contributed by atoms with van der Waals surface area (Å²) in [5.41, 5.74) is 6.67. The Morgan fingerprint density at radius 1 is 1.50 bits per heavy atom. The predicted molar refractivity (Wildman–Crippen MR) is 71.6 cm³/mol. The number of nitro groups is 1. The van der Waals surface area contributed by atoms with E-state index in [0.717, 1.165) is 19.5 Å². The lowest BCUT2D eigenvalue weighted by atomic mass is 9.87. The van der Waals surface area contributed by atoms with Gasteiger partial charge in [-0.1, -0.05) is 19.1 Å². The number of rotatable bonds is 3. The number of nitrogens with zero attached hydrogens (tertiary/aromatic N) is 2. The van der Waals surface area contributed by atoms with Crippen molar-refractivity contribution in [2.45, 2.75) is 13.3 Å². The van der Waals surface area contributed by atoms with Crippen molar-refractivity contribution in [2.24, 2.45) is 17.6 Å². The maximum atomic E-state index is 11.0. The Morgan fingerprint density at radius 3 is 2.89 bits per heavy atom. The van der Waals surface area contributed by atoms with Gasteiger partial charge in [0.25, 0.3) is 5.69 Å². The Morgan fingerprint density at radius 2 is 2.22 bits per heavy atom. The van der Waals surface area contributed by atoms with Crippen LogP contribution in [0.2, 0.25) is 0 Å². The van der Waals surface area contributed by atoms with Crippen molar-refractivity contribution in [1.29, 1.82) is 0 Å². The van der Waals surface area contributed by atoms with Crippen LogP contribution in [0.3, 0.4) is 0 Å². The van der Waals surface area contributed by atoms with Gasteiger partial charge in [-0.3, -0.25) is 10.1 Å². The summed E-state index contributed by atoms with van der Waals surface area (Å²) in [6.45, 7) is 4.51. The third-order valence-electron chi connectivity index (χ3n) is 3.84. The van der Waals surface area contributed by atoms with Crippen molar-refractivity contribution in [2.75, 3.05) is 24.5 Å². The summed E-state index contributed by atoms with van der Waals surface area (Å²) in [5, 5.41) is 11.0. The van der Waals surface area contributed by atoms with Crippen LogP contribution in [0.4, 0.5) is 11.4 Å². The highest BCUT2D eigenvalue weighted by Gasteiger charge is 2.28. The van der Waals surface area contributed by atoms with Crippen LogP contribution >= 0.6 is 0 Å². The standard InChI is InChI=1S/C13H19N3O2/c1-10-6-7-15(9-11(10)8-14)12-4-2-3-5-13(12)16(17)18/h2-5,10-11H,6-9,14H2,1H3. The fourth-order valence-corrected chi connectivity index (χ4v) is 2.56. The molecule has 1 aromatic rings. The van der Waals surface area contributed by atoms with Crippen LogP contribution in [0.1, 0.15) is 13.3 Å². The molecule has 2 atom stereocenters. The van der Waals surface area contributed by atoms with Crippen LogP contribution < -0.4 is 10.6 Å². The van der Waals surface area contributed by atoms with E-state index in [2.05, 4.69) is 11.8 Å². The molecule has 18 heavy (non-hydrogen) atoms. The lowest BCUT2D eigenvalue weighted by molar-refractivity contribution is -0.384. The Bertz CT molecular complexity index is 436. The summed E-state index contributed by atoms with van der Waals surface area (Å²) in [6.07, 6.45) is 1.04. The molecule has 2 unspecified atom stereocenters. The number of nitro benzene ring substituents is 1. The third-order valence-corrected chi connectivity index (χ3v) is 3.84. The fraction of sp³-hybridized carbons (Fsp3) is 0.538. The predicted octanol–water partition coefficient (Wildman–Crippen LogP) is 2.02. The Balaban J connectivity index is 2.24. The van der Waals surface area contributed by atoms with Crippen LogP contribution in [0.25, 0.3) is 0 Å². The molecule has 1 saturated heterocycles. The molecule has 1 heterocycles. The van der Waals surface area contributed by atoms with E-state index in [1.165, 1.54) is 0 Å². The van der Waals surface area contributed by atoms with Gasteiger partial charge in [-0.25, -0.2) is 0 Å². The lowest BCUT2D eigenvalue weighted by Gasteiger charge is -2.37. The van der Waals surface area contributed by atoms with Gasteiger partial charge in [0.05, 0.1) is 4.92 Å². The molecule has 5 nitrogen and oxygen atoms in total. The Hall–Kier alpha value is -1.62. The lowest BCUT2D eigenvalue weighted by Crippen LogP contribution is -2.42. The zero-order valence-corrected chi connectivity index (χ0v) is 10.6. The van der Waals surface area contributed by atoms with Gasteiger partial charge in [0.15, 0.2) is 0 Å². The van der Waals surface area contributed by atoms with Crippen molar-refractivity contribution >= 4 is 11.4 Å². The molecular formula is C13H19N3O2. The van der Waals surface area contributed by atoms with Gasteiger partial charge in [-0.15, -0.1) is 0 Å². The molecule has 0 saturated carbocycles. The van der Waals surface area contributed by atoms with Gasteiger partial charge < -0.3 is 10.6 Å². The van der Waals surface area contributed by atoms with Crippen molar-refractivity contribution < 1.29 is 4.92 Å². The normalized spacial score (nSPS) is 24.0. The molecule has 1 aliphatic rings. The van der Waals surface area contributed by atoms with Gasteiger partial charge >= 0.3 is 0 Å². The molecule has 0 aliphatic carbocycles. The van der Waals surface area contributed by atoms with Gasteiger partial charge in [-0.05, 0) is 30.9 Å². The molecule has 5 heteroatoms. The Labute approximate surface area is 107 Å². The number of hydrogen-bond acceptors (Lipinski definition) is 4. The van der Waals surface area contributed by atoms with E-state index < -0.39 is 0 Å². The van der Waals surface area contributed by atoms with Crippen LogP contribution in [-0.2, 0) is 0 Å². The van der Waals surface area contributed by atoms with Crippen LogP contribution in [0.15, 0.2) is 24.3 Å². The number of piperidine rings is 1. The highest BCUT2D eigenvalue weighted by Crippen LogP contribution is 2.32. The molecule has 0 aromatic heterocycles. The highest BCUT2D eigenvalue weighted by molar-refractivity contribution is 5.63. The van der Waals surface area contributed by atoms with E-state index >= 15 is 0 Å². The van der Waals surface area contributed by atoms with Crippen LogP contribution in [0, 0.1) is 22.0 Å². The molecule has 1 fully saturated rings. The first-order valence-electron chi connectivity index (χ1n) is 6.32. The molecule has 0 spiro atoms. The van der Waals surface area contributed by atoms with E-state index in [4.69, 9.17) is 5.73 Å². The van der Waals surface area contributed by atoms with E-state index in [-0.39, 0.29) is 10.6 Å². The first-order chi connectivity index (χ1) is 8.63. The first kappa shape index (κ1) is 12.8. The summed E-state index contributed by atoms with van der Waals surface area (Å²) in [4.78, 5) is 12.8. The third kappa shape index (κ3) is 2.46. The summed E-state index contributed by atoms with van der Waals surface area (Å²) < 4.78 is 0. The van der Waals surface area contributed by atoms with Crippen molar-refractivity contribution in [3.63, 3.8) is 0 Å². The number of benzene rings is 1. The summed E-state index contributed by atoms with van der Waals surface area (Å²) in [5.74, 6) is 1.01. The average Bonchev–Trinajstić information content (AvgIpc) is 2.39. The van der Waals surface area contributed by atoms with Crippen molar-refractivity contribution in [3.8, 4) is 0 Å². The molecule has 1 aromatic carbocycles. The topological polar surface area (TPSA) is 72.4 Å². The smallest absolute Gasteiger partial charge is 0.292 e. The minimum Gasteiger partial charge on any atom is -0.366 e. The van der Waals surface area contributed by atoms with E-state index in [1.54, 1.807) is 12.1 Å². The molecule has 2 N–H and O–H groups in total. The zero-order chi connectivity index (χ0) is 13.1. The summed E-state index contributed by atoms with van der Waals surface area (Å²) in [6, 6.07) is 6.93. The molecular weight excluding hydrogens is 230 g/mol. The molecule has 1 aliphatic heterocycles. The Kier molecular flexibility index (Phi) is 3.81. The first-order valence-corrected chi connectivity index (χ1v) is 6.32. The minimum absolute atomic E-state index is 0.183. The maximum absolute atomic E-state index is 11.0. The largest absolute Gasteiger partial charge is 0.366 e. The number of hydrogen-bond donors (Lipinski definition) is 1. The van der Waals surface area contributed by atoms with Gasteiger partial charge in [0.2, 0.25) is 0 Å². The monoisotopic (exact) mass is 249 g/mol. The molecule has 0 radical (unpaired) electrons. The van der Waals surface area contributed by atoms with Gasteiger partial charge in [0, 0.05) is 19.2 Å². The minimum atomic E-state index is -0.315. The van der Waals surface area contributed by atoms with Gasteiger partial charge in [0.1, 0.15) is 5.69 Å². The number of nitrogens with two attached hydrogens (primary N) is 1. The second kappa shape index (κ2) is 5.35. The SMILES string of the molecule is CC1CCN(c2ccccc2[N+](=O)[O-])CC1CN. The maximum Gasteiger partial charge on any atom is 0.292 e. The average molecular weight is 249 g/mol. The number of anilines is 1. The molecule has 0 bridgehead atoms. The van der Waals surface area contributed by atoms with E-state index in [0.29, 0.717) is 24.1 Å². The highest BCUT2D eigenvalue weighted by atomic mass is 16.6. The second-order valence-corrected chi connectivity index (χ2v) is 4.95.